The average Bonchev–Trinajstić information content (AvgIpc) is 3.95. The molecule has 0 aliphatic heterocycles. The van der Waals surface area contributed by atoms with E-state index in [0.717, 1.165) is 44.6 Å². The zero-order chi connectivity index (χ0) is 41.7. The Bertz CT molecular complexity index is 3490. The molecule has 0 saturated heterocycles. The van der Waals surface area contributed by atoms with Crippen molar-refractivity contribution >= 4 is 70.5 Å². The largest absolute Gasteiger partial charge is 0.455 e. The van der Waals surface area contributed by atoms with Gasteiger partial charge in [0, 0.05) is 59.1 Å². The van der Waals surface area contributed by atoms with Gasteiger partial charge in [-0.2, -0.15) is 0 Å². The third-order valence-corrected chi connectivity index (χ3v) is 13.6. The normalized spacial score (nSPS) is 11.5. The molecule has 3 heteroatoms. The smallest absolute Gasteiger partial charge is 0.143 e. The fourth-order valence-corrected chi connectivity index (χ4v) is 10.5. The van der Waals surface area contributed by atoms with Gasteiger partial charge in [-0.3, -0.25) is 0 Å². The van der Waals surface area contributed by atoms with E-state index in [1.165, 1.54) is 70.2 Å². The molecule has 63 heavy (non-hydrogen) atoms. The van der Waals surface area contributed by atoms with Gasteiger partial charge in [0.15, 0.2) is 0 Å². The summed E-state index contributed by atoms with van der Waals surface area (Å²) >= 11 is 1.87. The Hall–Kier alpha value is -7.98. The van der Waals surface area contributed by atoms with E-state index in [1.54, 1.807) is 0 Å². The van der Waals surface area contributed by atoms with Crippen molar-refractivity contribution in [3.63, 3.8) is 0 Å². The summed E-state index contributed by atoms with van der Waals surface area (Å²) in [5, 5.41) is 4.85. The molecule has 0 radical (unpaired) electrons. The molecular weight excluding hydrogens is 783 g/mol. The molecule has 12 rings (SSSR count). The number of nitrogens with zero attached hydrogens (tertiary/aromatic N) is 1. The zero-order valence-corrected chi connectivity index (χ0v) is 35.1. The minimum atomic E-state index is 0.919. The van der Waals surface area contributed by atoms with Crippen LogP contribution in [0.4, 0.5) is 17.1 Å². The van der Waals surface area contributed by atoms with E-state index in [4.69, 9.17) is 4.42 Å². The summed E-state index contributed by atoms with van der Waals surface area (Å²) in [7, 11) is 0. The van der Waals surface area contributed by atoms with Crippen LogP contribution in [0.15, 0.2) is 241 Å². The Morgan fingerprint density at radius 2 is 0.651 bits per heavy atom. The Morgan fingerprint density at radius 1 is 0.270 bits per heavy atom. The van der Waals surface area contributed by atoms with Crippen molar-refractivity contribution in [1.29, 1.82) is 0 Å². The van der Waals surface area contributed by atoms with Gasteiger partial charge in [-0.05, 0) is 87.0 Å². The molecule has 0 aliphatic carbocycles. The summed E-state index contributed by atoms with van der Waals surface area (Å²) in [4.78, 5) is 2.34. The standard InChI is InChI=1S/C60H39NOS/c1-3-12-40(13-4-1)43-28-34-47(35-29-43)61(48-36-30-44(31-37-48)41-14-5-2-6-15-41)49-38-32-45(33-39-49)42-24-26-46(27-25-42)50-17-9-21-55-56-22-11-20-54(60(56)63-59(50)55)53-19-10-18-52-51-16-7-8-23-57(51)62-58(52)53/h1-39H. The molecule has 10 aromatic carbocycles. The van der Waals surface area contributed by atoms with Gasteiger partial charge < -0.3 is 9.32 Å². The zero-order valence-electron chi connectivity index (χ0n) is 34.3. The van der Waals surface area contributed by atoms with Gasteiger partial charge >= 0.3 is 0 Å². The highest BCUT2D eigenvalue weighted by atomic mass is 32.1. The third-order valence-electron chi connectivity index (χ3n) is 12.3. The van der Waals surface area contributed by atoms with Gasteiger partial charge in [-0.25, -0.2) is 0 Å². The van der Waals surface area contributed by atoms with E-state index in [2.05, 4.69) is 235 Å². The van der Waals surface area contributed by atoms with Crippen LogP contribution in [0, 0.1) is 0 Å². The summed E-state index contributed by atoms with van der Waals surface area (Å²) in [6, 6.07) is 85.1. The fourth-order valence-electron chi connectivity index (χ4n) is 9.18. The molecule has 0 unspecified atom stereocenters. The molecule has 2 heterocycles. The van der Waals surface area contributed by atoms with E-state index in [-0.39, 0.29) is 0 Å². The molecule has 0 spiro atoms. The number of hydrogen-bond donors (Lipinski definition) is 0. The van der Waals surface area contributed by atoms with Crippen LogP contribution in [0.5, 0.6) is 0 Å². The van der Waals surface area contributed by atoms with Gasteiger partial charge in [-0.1, -0.05) is 194 Å². The number of hydrogen-bond acceptors (Lipinski definition) is 3. The number of benzene rings is 10. The Kier molecular flexibility index (Phi) is 9.06. The summed E-state index contributed by atoms with van der Waals surface area (Å²) in [5.74, 6) is 0. The first-order chi connectivity index (χ1) is 31.2. The van der Waals surface area contributed by atoms with Gasteiger partial charge in [-0.15, -0.1) is 11.3 Å². The second-order valence-electron chi connectivity index (χ2n) is 16.0. The average molecular weight is 822 g/mol. The molecule has 0 saturated carbocycles. The highest BCUT2D eigenvalue weighted by Gasteiger charge is 2.18. The van der Waals surface area contributed by atoms with E-state index >= 15 is 0 Å². The van der Waals surface area contributed by atoms with E-state index in [0.29, 0.717) is 0 Å². The predicted molar refractivity (Wildman–Crippen MR) is 268 cm³/mol. The molecule has 12 aromatic rings. The Morgan fingerprint density at radius 3 is 1.19 bits per heavy atom. The SMILES string of the molecule is c1ccc(-c2ccc(N(c3ccc(-c4ccccc4)cc3)c3ccc(-c4ccc(-c5cccc6c5sc5c(-c7cccc8c7oc7ccccc78)cccc56)cc4)cc3)cc2)cc1. The summed E-state index contributed by atoms with van der Waals surface area (Å²) in [6.45, 7) is 0. The highest BCUT2D eigenvalue weighted by molar-refractivity contribution is 7.26. The topological polar surface area (TPSA) is 16.4 Å². The first-order valence-corrected chi connectivity index (χ1v) is 22.2. The number of thiophene rings is 1. The predicted octanol–water partition coefficient (Wildman–Crippen LogP) is 17.8. The lowest BCUT2D eigenvalue weighted by atomic mass is 9.97. The fraction of sp³-hybridized carbons (Fsp3) is 0. The molecule has 0 amide bonds. The Labute approximate surface area is 370 Å². The monoisotopic (exact) mass is 821 g/mol. The van der Waals surface area contributed by atoms with E-state index in [9.17, 15) is 0 Å². The molecule has 2 nitrogen and oxygen atoms in total. The number of rotatable bonds is 8. The van der Waals surface area contributed by atoms with Crippen molar-refractivity contribution in [2.24, 2.45) is 0 Å². The van der Waals surface area contributed by atoms with Gasteiger partial charge in [0.1, 0.15) is 11.2 Å². The van der Waals surface area contributed by atoms with Gasteiger partial charge in [0.25, 0.3) is 0 Å². The molecule has 0 atom stereocenters. The van der Waals surface area contributed by atoms with Gasteiger partial charge in [0.2, 0.25) is 0 Å². The molecule has 0 aliphatic rings. The van der Waals surface area contributed by atoms with Crippen LogP contribution in [-0.2, 0) is 0 Å². The summed E-state index contributed by atoms with van der Waals surface area (Å²) < 4.78 is 9.07. The van der Waals surface area contributed by atoms with Crippen molar-refractivity contribution < 1.29 is 4.42 Å². The number of para-hydroxylation sites is 2. The minimum absolute atomic E-state index is 0.919. The summed E-state index contributed by atoms with van der Waals surface area (Å²) in [5.41, 5.74) is 17.1. The Balaban J connectivity index is 0.870. The maximum absolute atomic E-state index is 6.50. The quantitative estimate of drug-likeness (QED) is 0.152. The minimum Gasteiger partial charge on any atom is -0.455 e. The van der Waals surface area contributed by atoms with Crippen LogP contribution in [0.25, 0.3) is 97.7 Å². The second kappa shape index (κ2) is 15.5. The third kappa shape index (κ3) is 6.58. The van der Waals surface area contributed by atoms with Crippen molar-refractivity contribution in [2.45, 2.75) is 0 Å². The van der Waals surface area contributed by atoms with Crippen LogP contribution in [0.3, 0.4) is 0 Å². The number of fused-ring (bicyclic) bond motifs is 6. The maximum Gasteiger partial charge on any atom is 0.143 e. The summed E-state index contributed by atoms with van der Waals surface area (Å²) in [6.07, 6.45) is 0. The van der Waals surface area contributed by atoms with Crippen molar-refractivity contribution in [1.82, 2.24) is 0 Å². The van der Waals surface area contributed by atoms with E-state index in [1.807, 2.05) is 17.4 Å². The van der Waals surface area contributed by atoms with Crippen molar-refractivity contribution in [3.05, 3.63) is 237 Å². The molecule has 0 N–H and O–H groups in total. The first-order valence-electron chi connectivity index (χ1n) is 21.4. The van der Waals surface area contributed by atoms with Crippen LogP contribution in [0.1, 0.15) is 0 Å². The second-order valence-corrected chi connectivity index (χ2v) is 17.1. The molecule has 0 bridgehead atoms. The molecule has 0 fully saturated rings. The maximum atomic E-state index is 6.50. The lowest BCUT2D eigenvalue weighted by Crippen LogP contribution is -2.09. The van der Waals surface area contributed by atoms with Crippen LogP contribution in [0.2, 0.25) is 0 Å². The molecule has 2 aromatic heterocycles. The molecule has 296 valence electrons. The van der Waals surface area contributed by atoms with Crippen molar-refractivity contribution in [3.8, 4) is 55.6 Å². The lowest BCUT2D eigenvalue weighted by Gasteiger charge is -2.26. The van der Waals surface area contributed by atoms with Crippen LogP contribution >= 0.6 is 11.3 Å². The number of anilines is 3. The van der Waals surface area contributed by atoms with E-state index < -0.39 is 0 Å². The first kappa shape index (κ1) is 36.8. The lowest BCUT2D eigenvalue weighted by molar-refractivity contribution is 0.670. The van der Waals surface area contributed by atoms with Gasteiger partial charge in [0.05, 0.1) is 0 Å². The number of furan rings is 1. The van der Waals surface area contributed by atoms with Crippen molar-refractivity contribution in [2.75, 3.05) is 4.90 Å². The van der Waals surface area contributed by atoms with Crippen LogP contribution in [-0.4, -0.2) is 0 Å². The molecular formula is C60H39NOS. The highest BCUT2D eigenvalue weighted by Crippen LogP contribution is 2.46. The van der Waals surface area contributed by atoms with Crippen LogP contribution < -0.4 is 4.90 Å².